The van der Waals surface area contributed by atoms with Crippen molar-refractivity contribution < 1.29 is 23.1 Å². The fourth-order valence-corrected chi connectivity index (χ4v) is 2.44. The van der Waals surface area contributed by atoms with Crippen molar-refractivity contribution in [3.05, 3.63) is 0 Å². The number of nitrogens with one attached hydrogen (secondary N) is 3. The number of amides is 1. The molecule has 0 aliphatic heterocycles. The van der Waals surface area contributed by atoms with E-state index in [-0.39, 0.29) is 24.9 Å². The molecule has 0 radical (unpaired) electrons. The van der Waals surface area contributed by atoms with Crippen LogP contribution in [0.2, 0.25) is 0 Å². The van der Waals surface area contributed by atoms with E-state index in [2.05, 4.69) is 20.7 Å². The predicted molar refractivity (Wildman–Crippen MR) is 69.9 cm³/mol. The fraction of sp³-hybridized carbons (Fsp3) is 0.750. The minimum atomic E-state index is -3.50. The van der Waals surface area contributed by atoms with E-state index in [1.165, 1.54) is 0 Å². The quantitative estimate of drug-likeness (QED) is 0.383. The maximum Gasteiger partial charge on any atom is 0.434 e. The zero-order chi connectivity index (χ0) is 14.0. The standard InChI is InChI=1S/C8H18N3O5PS/c1-4-14-8(12)10-9-7(18)11-17(13,15-5-2)16-6-3/h4-6H2,1-3H3,(H,10,12)(H2,9,11,13,18). The summed E-state index contributed by atoms with van der Waals surface area (Å²) in [5.41, 5.74) is 4.45. The van der Waals surface area contributed by atoms with E-state index in [4.69, 9.17) is 21.3 Å². The zero-order valence-corrected chi connectivity index (χ0v) is 12.2. The van der Waals surface area contributed by atoms with Gasteiger partial charge in [-0.25, -0.2) is 14.8 Å². The Morgan fingerprint density at radius 3 is 2.11 bits per heavy atom. The number of hydrazine groups is 1. The van der Waals surface area contributed by atoms with Crippen molar-refractivity contribution in [3.8, 4) is 0 Å². The summed E-state index contributed by atoms with van der Waals surface area (Å²) >= 11 is 4.81. The van der Waals surface area contributed by atoms with Gasteiger partial charge in [-0.2, -0.15) is 0 Å². The first-order valence-electron chi connectivity index (χ1n) is 5.37. The van der Waals surface area contributed by atoms with Gasteiger partial charge >= 0.3 is 13.8 Å². The van der Waals surface area contributed by atoms with Gasteiger partial charge in [0.1, 0.15) is 0 Å². The lowest BCUT2D eigenvalue weighted by molar-refractivity contribution is 0.150. The van der Waals surface area contributed by atoms with Gasteiger partial charge in [0, 0.05) is 0 Å². The Bertz CT molecular complexity index is 318. The van der Waals surface area contributed by atoms with E-state index in [0.29, 0.717) is 0 Å². The minimum Gasteiger partial charge on any atom is -0.449 e. The van der Waals surface area contributed by atoms with Crippen LogP contribution in [0.5, 0.6) is 0 Å². The molecule has 0 rings (SSSR count). The number of carbonyl (C=O) groups is 1. The molecule has 3 N–H and O–H groups in total. The first-order chi connectivity index (χ1) is 8.47. The SMILES string of the molecule is CCOC(=O)NNC(=S)NP(=O)(OCC)OCC. The highest BCUT2D eigenvalue weighted by Gasteiger charge is 2.24. The first-order valence-corrected chi connectivity index (χ1v) is 7.32. The third-order valence-electron chi connectivity index (χ3n) is 1.39. The summed E-state index contributed by atoms with van der Waals surface area (Å²) in [5.74, 6) is 0. The molecule has 0 spiro atoms. The van der Waals surface area contributed by atoms with E-state index < -0.39 is 13.8 Å². The molecule has 0 aromatic rings. The topological polar surface area (TPSA) is 97.9 Å². The van der Waals surface area contributed by atoms with Gasteiger partial charge in [-0.1, -0.05) is 0 Å². The van der Waals surface area contributed by atoms with Crippen molar-refractivity contribution in [1.29, 1.82) is 0 Å². The maximum atomic E-state index is 12.0. The van der Waals surface area contributed by atoms with Crippen LogP contribution >= 0.6 is 20.0 Å². The smallest absolute Gasteiger partial charge is 0.434 e. The van der Waals surface area contributed by atoms with Gasteiger partial charge in [-0.05, 0) is 33.0 Å². The maximum absolute atomic E-state index is 12.0. The molecule has 0 saturated carbocycles. The van der Waals surface area contributed by atoms with Crippen LogP contribution in [0.3, 0.4) is 0 Å². The van der Waals surface area contributed by atoms with Crippen molar-refractivity contribution in [2.75, 3.05) is 19.8 Å². The number of thiocarbonyl (C=S) groups is 1. The Labute approximate surface area is 111 Å². The van der Waals surface area contributed by atoms with Crippen LogP contribution in [0.1, 0.15) is 20.8 Å². The summed E-state index contributed by atoms with van der Waals surface area (Å²) in [5, 5.41) is 2.25. The predicted octanol–water partition coefficient (Wildman–Crippen LogP) is 1.29. The van der Waals surface area contributed by atoms with Gasteiger partial charge in [0.15, 0.2) is 5.11 Å². The Hall–Kier alpha value is -0.890. The van der Waals surface area contributed by atoms with Crippen LogP contribution in [-0.4, -0.2) is 31.0 Å². The number of carbonyl (C=O) groups excluding carboxylic acids is 1. The lowest BCUT2D eigenvalue weighted by atomic mass is 10.9. The number of hydrogen-bond acceptors (Lipinski definition) is 6. The fourth-order valence-electron chi connectivity index (χ4n) is 0.869. The summed E-state index contributed by atoms with van der Waals surface area (Å²) in [6.07, 6.45) is -0.704. The highest BCUT2D eigenvalue weighted by molar-refractivity contribution is 7.81. The van der Waals surface area contributed by atoms with Crippen molar-refractivity contribution in [2.24, 2.45) is 0 Å². The molecule has 0 heterocycles. The van der Waals surface area contributed by atoms with Crippen LogP contribution in [0.4, 0.5) is 4.79 Å². The molecular weight excluding hydrogens is 281 g/mol. The summed E-state index contributed by atoms with van der Waals surface area (Å²) < 4.78 is 26.4. The number of rotatable bonds is 6. The highest BCUT2D eigenvalue weighted by atomic mass is 32.1. The average molecular weight is 299 g/mol. The summed E-state index contributed by atoms with van der Waals surface area (Å²) in [6.45, 7) is 5.61. The Morgan fingerprint density at radius 2 is 1.67 bits per heavy atom. The van der Waals surface area contributed by atoms with Crippen LogP contribution in [0.25, 0.3) is 0 Å². The summed E-state index contributed by atoms with van der Waals surface area (Å²) in [7, 11) is -3.50. The molecule has 0 aromatic carbocycles. The van der Waals surface area contributed by atoms with Gasteiger partial charge in [-0.15, -0.1) is 0 Å². The Morgan fingerprint density at radius 1 is 1.11 bits per heavy atom. The monoisotopic (exact) mass is 299 g/mol. The zero-order valence-electron chi connectivity index (χ0n) is 10.5. The van der Waals surface area contributed by atoms with E-state index in [1.807, 2.05) is 0 Å². The third kappa shape index (κ3) is 7.44. The molecule has 0 atom stereocenters. The molecule has 0 aromatic heterocycles. The Kier molecular flexibility index (Phi) is 8.65. The van der Waals surface area contributed by atoms with Crippen LogP contribution < -0.4 is 15.9 Å². The molecule has 0 saturated heterocycles. The van der Waals surface area contributed by atoms with Crippen molar-refractivity contribution in [1.82, 2.24) is 15.9 Å². The summed E-state index contributed by atoms with van der Waals surface area (Å²) in [4.78, 5) is 10.9. The second kappa shape index (κ2) is 9.09. The van der Waals surface area contributed by atoms with Crippen molar-refractivity contribution in [2.45, 2.75) is 20.8 Å². The molecule has 10 heteroatoms. The lowest BCUT2D eigenvalue weighted by Crippen LogP contribution is -2.46. The molecule has 8 nitrogen and oxygen atoms in total. The molecule has 18 heavy (non-hydrogen) atoms. The summed E-state index contributed by atoms with van der Waals surface area (Å²) in [6, 6.07) is 0. The average Bonchev–Trinajstić information content (AvgIpc) is 2.27. The van der Waals surface area contributed by atoms with E-state index >= 15 is 0 Å². The van der Waals surface area contributed by atoms with E-state index in [0.717, 1.165) is 0 Å². The van der Waals surface area contributed by atoms with Gasteiger partial charge in [0.05, 0.1) is 19.8 Å². The van der Waals surface area contributed by atoms with Crippen LogP contribution in [-0.2, 0) is 18.3 Å². The van der Waals surface area contributed by atoms with Crippen molar-refractivity contribution >= 4 is 31.2 Å². The molecule has 0 fully saturated rings. The normalized spacial score (nSPS) is 10.6. The van der Waals surface area contributed by atoms with Gasteiger partial charge in [0.25, 0.3) is 0 Å². The second-order valence-corrected chi connectivity index (χ2v) is 4.89. The molecule has 106 valence electrons. The second-order valence-electron chi connectivity index (χ2n) is 2.74. The molecule has 1 amide bonds. The first kappa shape index (κ1) is 17.1. The van der Waals surface area contributed by atoms with Gasteiger partial charge in [-0.3, -0.25) is 19.6 Å². The minimum absolute atomic E-state index is 0.103. The van der Waals surface area contributed by atoms with Crippen LogP contribution in [0.15, 0.2) is 0 Å². The largest absolute Gasteiger partial charge is 0.449 e. The molecular formula is C8H18N3O5PS. The lowest BCUT2D eigenvalue weighted by Gasteiger charge is -2.19. The molecule has 0 aliphatic rings. The Balaban J connectivity index is 4.18. The van der Waals surface area contributed by atoms with Gasteiger partial charge in [0.2, 0.25) is 0 Å². The van der Waals surface area contributed by atoms with Gasteiger partial charge < -0.3 is 4.74 Å². The number of hydrogen-bond donors (Lipinski definition) is 3. The molecule has 0 bridgehead atoms. The van der Waals surface area contributed by atoms with E-state index in [9.17, 15) is 9.36 Å². The third-order valence-corrected chi connectivity index (χ3v) is 3.44. The van der Waals surface area contributed by atoms with E-state index in [1.54, 1.807) is 20.8 Å². The highest BCUT2D eigenvalue weighted by Crippen LogP contribution is 2.42. The van der Waals surface area contributed by atoms with Crippen molar-refractivity contribution in [3.63, 3.8) is 0 Å². The number of ether oxygens (including phenoxy) is 1. The van der Waals surface area contributed by atoms with Crippen LogP contribution in [0, 0.1) is 0 Å². The molecule has 0 aliphatic carbocycles. The molecule has 0 unspecified atom stereocenters.